The second-order valence-electron chi connectivity index (χ2n) is 8.62. The van der Waals surface area contributed by atoms with Crippen molar-refractivity contribution in [1.29, 1.82) is 0 Å². The fourth-order valence-corrected chi connectivity index (χ4v) is 4.47. The Morgan fingerprint density at radius 1 is 1.09 bits per heavy atom. The first-order chi connectivity index (χ1) is 16.5. The van der Waals surface area contributed by atoms with Gasteiger partial charge in [0.15, 0.2) is 0 Å². The van der Waals surface area contributed by atoms with Gasteiger partial charge in [-0.1, -0.05) is 53.7 Å². The lowest BCUT2D eigenvalue weighted by Gasteiger charge is -2.23. The minimum absolute atomic E-state index is 0.431. The summed E-state index contributed by atoms with van der Waals surface area (Å²) in [6, 6.07) is 18.5. The number of oxime groups is 1. The fourth-order valence-electron chi connectivity index (χ4n) is 4.47. The third-order valence-corrected chi connectivity index (χ3v) is 6.43. The minimum atomic E-state index is -0.872. The fraction of sp³-hybridized carbons (Fsp3) is 0.250. The topological polar surface area (TPSA) is 86.0 Å². The van der Waals surface area contributed by atoms with E-state index in [1.807, 2.05) is 37.4 Å². The normalized spacial score (nSPS) is 14.1. The number of amides is 1. The van der Waals surface area contributed by atoms with E-state index in [0.29, 0.717) is 25.2 Å². The third kappa shape index (κ3) is 5.17. The van der Waals surface area contributed by atoms with Gasteiger partial charge in [0.2, 0.25) is 0 Å². The van der Waals surface area contributed by atoms with E-state index in [9.17, 15) is 10.0 Å². The highest BCUT2D eigenvalue weighted by molar-refractivity contribution is 6.02. The number of nitrogens with zero attached hydrogens (tertiary/aromatic N) is 3. The van der Waals surface area contributed by atoms with Crippen LogP contribution in [0.5, 0.6) is 0 Å². The van der Waals surface area contributed by atoms with Gasteiger partial charge in [-0.2, -0.15) is 0 Å². The van der Waals surface area contributed by atoms with Crippen molar-refractivity contribution < 1.29 is 15.1 Å². The SMILES string of the molecule is Cc1cc(-c2cccc(/C(CCc3ccc(C4=CCN(C(=O)O)CC4)cc3)=N\O)c2C)ccn1. The summed E-state index contributed by atoms with van der Waals surface area (Å²) in [5.41, 5.74) is 9.33. The van der Waals surface area contributed by atoms with Gasteiger partial charge in [-0.25, -0.2) is 4.79 Å². The van der Waals surface area contributed by atoms with Gasteiger partial charge < -0.3 is 15.2 Å². The van der Waals surface area contributed by atoms with Crippen molar-refractivity contribution in [2.75, 3.05) is 13.1 Å². The molecule has 6 heteroatoms. The molecule has 1 aliphatic heterocycles. The summed E-state index contributed by atoms with van der Waals surface area (Å²) < 4.78 is 0. The van der Waals surface area contributed by atoms with Crippen LogP contribution < -0.4 is 0 Å². The van der Waals surface area contributed by atoms with E-state index in [1.165, 1.54) is 10.5 Å². The minimum Gasteiger partial charge on any atom is -0.465 e. The molecule has 0 unspecified atom stereocenters. The molecule has 4 rings (SSSR count). The van der Waals surface area contributed by atoms with Crippen molar-refractivity contribution in [3.63, 3.8) is 0 Å². The summed E-state index contributed by atoms with van der Waals surface area (Å²) in [5, 5.41) is 22.5. The molecule has 2 N–H and O–H groups in total. The highest BCUT2D eigenvalue weighted by Gasteiger charge is 2.17. The average Bonchev–Trinajstić information content (AvgIpc) is 2.85. The number of carboxylic acid groups (broad SMARTS) is 1. The van der Waals surface area contributed by atoms with Gasteiger partial charge in [0.25, 0.3) is 0 Å². The summed E-state index contributed by atoms with van der Waals surface area (Å²) in [5.74, 6) is 0. The van der Waals surface area contributed by atoms with Crippen LogP contribution in [0, 0.1) is 13.8 Å². The highest BCUT2D eigenvalue weighted by atomic mass is 16.4. The van der Waals surface area contributed by atoms with Gasteiger partial charge in [-0.05, 0) is 78.6 Å². The van der Waals surface area contributed by atoms with Crippen molar-refractivity contribution in [2.45, 2.75) is 33.1 Å². The van der Waals surface area contributed by atoms with Gasteiger partial charge in [-0.15, -0.1) is 0 Å². The van der Waals surface area contributed by atoms with Crippen molar-refractivity contribution in [1.82, 2.24) is 9.88 Å². The highest BCUT2D eigenvalue weighted by Crippen LogP contribution is 2.28. The van der Waals surface area contributed by atoms with E-state index < -0.39 is 6.09 Å². The second-order valence-corrected chi connectivity index (χ2v) is 8.62. The van der Waals surface area contributed by atoms with Crippen molar-refractivity contribution in [3.05, 3.63) is 94.8 Å². The zero-order valence-electron chi connectivity index (χ0n) is 19.5. The number of carbonyl (C=O) groups is 1. The number of aryl methyl sites for hydroxylation is 2. The molecule has 0 saturated heterocycles. The molecule has 1 aliphatic rings. The number of benzene rings is 2. The molecule has 0 aliphatic carbocycles. The molecule has 0 spiro atoms. The van der Waals surface area contributed by atoms with Crippen LogP contribution in [0.15, 0.2) is 72.0 Å². The van der Waals surface area contributed by atoms with Crippen LogP contribution in [0.4, 0.5) is 4.79 Å². The number of aromatic nitrogens is 1. The summed E-state index contributed by atoms with van der Waals surface area (Å²) in [6.45, 7) is 4.99. The maximum absolute atomic E-state index is 11.1. The van der Waals surface area contributed by atoms with Crippen molar-refractivity contribution >= 4 is 17.4 Å². The molecule has 0 saturated carbocycles. The molecule has 34 heavy (non-hydrogen) atoms. The summed E-state index contributed by atoms with van der Waals surface area (Å²) >= 11 is 0. The van der Waals surface area contributed by atoms with Gasteiger partial charge in [-0.3, -0.25) is 4.98 Å². The molecule has 1 amide bonds. The molecule has 6 nitrogen and oxygen atoms in total. The average molecular weight is 456 g/mol. The zero-order valence-corrected chi connectivity index (χ0v) is 19.5. The van der Waals surface area contributed by atoms with E-state index in [1.54, 1.807) is 0 Å². The van der Waals surface area contributed by atoms with Crippen molar-refractivity contribution in [3.8, 4) is 11.1 Å². The maximum Gasteiger partial charge on any atom is 0.407 e. The molecular weight excluding hydrogens is 426 g/mol. The Labute approximate surface area is 199 Å². The predicted octanol–water partition coefficient (Wildman–Crippen LogP) is 5.94. The molecule has 0 fully saturated rings. The molecule has 2 heterocycles. The lowest BCUT2D eigenvalue weighted by molar-refractivity contribution is 0.150. The van der Waals surface area contributed by atoms with Crippen LogP contribution in [-0.2, 0) is 6.42 Å². The van der Waals surface area contributed by atoms with Crippen LogP contribution in [0.2, 0.25) is 0 Å². The van der Waals surface area contributed by atoms with Crippen LogP contribution in [0.25, 0.3) is 16.7 Å². The summed E-state index contributed by atoms with van der Waals surface area (Å²) in [6.07, 6.45) is 5.02. The molecule has 3 aromatic rings. The molecular formula is C28H29N3O3. The first-order valence-corrected chi connectivity index (χ1v) is 11.5. The number of hydrogen-bond acceptors (Lipinski definition) is 4. The Bertz CT molecular complexity index is 1250. The Morgan fingerprint density at radius 2 is 1.88 bits per heavy atom. The predicted molar refractivity (Wildman–Crippen MR) is 134 cm³/mol. The van der Waals surface area contributed by atoms with Gasteiger partial charge in [0.1, 0.15) is 0 Å². The van der Waals surface area contributed by atoms with E-state index in [2.05, 4.69) is 53.5 Å². The summed E-state index contributed by atoms with van der Waals surface area (Å²) in [4.78, 5) is 16.8. The Hall–Kier alpha value is -3.93. The standard InChI is InChI=1S/C28H29N3O3/c1-19-18-24(12-15-29-19)25-4-3-5-26(20(25)2)27(30-34)11-8-21-6-9-22(10-7-21)23-13-16-31(17-14-23)28(32)33/h3-7,9-10,12-13,15,18,34H,8,11,14,16-17H2,1-2H3,(H,32,33)/b30-27-. The van der Waals surface area contributed by atoms with Crippen LogP contribution >= 0.6 is 0 Å². The monoisotopic (exact) mass is 455 g/mol. The van der Waals surface area contributed by atoms with Crippen LogP contribution in [0.1, 0.15) is 40.8 Å². The lowest BCUT2D eigenvalue weighted by atomic mass is 9.92. The summed E-state index contributed by atoms with van der Waals surface area (Å²) in [7, 11) is 0. The smallest absolute Gasteiger partial charge is 0.407 e. The number of pyridine rings is 1. The molecule has 2 aromatic carbocycles. The Morgan fingerprint density at radius 3 is 2.53 bits per heavy atom. The zero-order chi connectivity index (χ0) is 24.1. The molecule has 174 valence electrons. The van der Waals surface area contributed by atoms with E-state index >= 15 is 0 Å². The van der Waals surface area contributed by atoms with Gasteiger partial charge in [0, 0.05) is 30.5 Å². The molecule has 1 aromatic heterocycles. The van der Waals surface area contributed by atoms with Gasteiger partial charge in [0.05, 0.1) is 5.71 Å². The molecule has 0 radical (unpaired) electrons. The second kappa shape index (κ2) is 10.3. The Balaban J connectivity index is 1.45. The largest absolute Gasteiger partial charge is 0.465 e. The van der Waals surface area contributed by atoms with E-state index in [4.69, 9.17) is 5.11 Å². The third-order valence-electron chi connectivity index (χ3n) is 6.43. The van der Waals surface area contributed by atoms with E-state index in [-0.39, 0.29) is 0 Å². The maximum atomic E-state index is 11.1. The first kappa shape index (κ1) is 23.2. The van der Waals surface area contributed by atoms with Gasteiger partial charge >= 0.3 is 6.09 Å². The Kier molecular flexibility index (Phi) is 7.07. The quantitative estimate of drug-likeness (QED) is 0.273. The molecule has 0 bridgehead atoms. The molecule has 0 atom stereocenters. The first-order valence-electron chi connectivity index (χ1n) is 11.5. The number of hydrogen-bond donors (Lipinski definition) is 2. The lowest BCUT2D eigenvalue weighted by Crippen LogP contribution is -2.33. The van der Waals surface area contributed by atoms with Crippen molar-refractivity contribution in [2.24, 2.45) is 5.16 Å². The number of rotatable bonds is 6. The van der Waals surface area contributed by atoms with Crippen LogP contribution in [-0.4, -0.2) is 45.1 Å². The van der Waals surface area contributed by atoms with E-state index in [0.717, 1.165) is 51.9 Å². The van der Waals surface area contributed by atoms with Crippen LogP contribution in [0.3, 0.4) is 0 Å².